The molecule has 0 heterocycles. The molecule has 0 aromatic heterocycles. The second kappa shape index (κ2) is 13.2. The van der Waals surface area contributed by atoms with Crippen molar-refractivity contribution in [3.05, 3.63) is 23.2 Å². The van der Waals surface area contributed by atoms with Gasteiger partial charge in [0.25, 0.3) is 0 Å². The van der Waals surface area contributed by atoms with Crippen LogP contribution < -0.4 is 15.4 Å². The first-order valence-corrected chi connectivity index (χ1v) is 9.85. The highest BCUT2D eigenvalue weighted by atomic mass is 35.5. The molecule has 25 heavy (non-hydrogen) atoms. The maximum absolute atomic E-state index is 6.01. The van der Waals surface area contributed by atoms with E-state index in [0.29, 0.717) is 21.8 Å². The molecular formula is C19H31ClN2O2S. The van der Waals surface area contributed by atoms with Crippen molar-refractivity contribution in [1.29, 1.82) is 0 Å². The number of hydrogen-bond acceptors (Lipinski definition) is 3. The second-order valence-corrected chi connectivity index (χ2v) is 6.92. The van der Waals surface area contributed by atoms with Crippen LogP contribution >= 0.6 is 23.8 Å². The summed E-state index contributed by atoms with van der Waals surface area (Å²) in [4.78, 5) is 0. The van der Waals surface area contributed by atoms with Gasteiger partial charge < -0.3 is 20.1 Å². The predicted octanol–water partition coefficient (Wildman–Crippen LogP) is 5.26. The summed E-state index contributed by atoms with van der Waals surface area (Å²) < 4.78 is 11.1. The molecule has 2 N–H and O–H groups in total. The summed E-state index contributed by atoms with van der Waals surface area (Å²) in [6, 6.07) is 5.38. The summed E-state index contributed by atoms with van der Waals surface area (Å²) in [5.41, 5.74) is 0.755. The third kappa shape index (κ3) is 9.28. The Bertz CT molecular complexity index is 514. The Balaban J connectivity index is 2.20. The van der Waals surface area contributed by atoms with Gasteiger partial charge in [0.2, 0.25) is 0 Å². The van der Waals surface area contributed by atoms with Gasteiger partial charge in [0, 0.05) is 24.8 Å². The quantitative estimate of drug-likeness (QED) is 0.379. The van der Waals surface area contributed by atoms with Crippen molar-refractivity contribution in [2.75, 3.05) is 32.2 Å². The van der Waals surface area contributed by atoms with E-state index in [1.54, 1.807) is 19.2 Å². The number of unbranched alkanes of at least 4 members (excludes halogenated alkanes) is 1. The van der Waals surface area contributed by atoms with Gasteiger partial charge >= 0.3 is 0 Å². The van der Waals surface area contributed by atoms with E-state index in [4.69, 9.17) is 33.3 Å². The van der Waals surface area contributed by atoms with E-state index < -0.39 is 0 Å². The van der Waals surface area contributed by atoms with Gasteiger partial charge in [-0.2, -0.15) is 0 Å². The summed E-state index contributed by atoms with van der Waals surface area (Å²) in [6.07, 6.45) is 5.91. The van der Waals surface area contributed by atoms with E-state index in [1.807, 2.05) is 6.07 Å². The molecule has 142 valence electrons. The minimum atomic E-state index is 0.551. The third-order valence-corrected chi connectivity index (χ3v) is 4.54. The van der Waals surface area contributed by atoms with Crippen LogP contribution in [0.15, 0.2) is 18.2 Å². The van der Waals surface area contributed by atoms with Crippen LogP contribution in [0.5, 0.6) is 5.75 Å². The Hall–Kier alpha value is -1.04. The number of nitrogens with one attached hydrogen (secondary N) is 2. The van der Waals surface area contributed by atoms with Gasteiger partial charge in [-0.3, -0.25) is 0 Å². The largest absolute Gasteiger partial charge is 0.495 e. The molecule has 0 bridgehead atoms. The summed E-state index contributed by atoms with van der Waals surface area (Å²) in [6.45, 7) is 6.84. The summed E-state index contributed by atoms with van der Waals surface area (Å²) in [5, 5.41) is 7.48. The molecule has 0 amide bonds. The summed E-state index contributed by atoms with van der Waals surface area (Å²) in [7, 11) is 1.62. The standard InChI is InChI=1S/C19H31ClN2O2S/c1-4-6-8-15(5-2)14-24-12-7-11-21-19(25)22-17-13-16(20)9-10-18(17)23-3/h9-10,13,15H,4-8,11-12,14H2,1-3H3,(H2,21,22,25). The number of methoxy groups -OCH3 is 1. The Kier molecular flexibility index (Phi) is 11.6. The van der Waals surface area contributed by atoms with Gasteiger partial charge in [-0.05, 0) is 49.2 Å². The fraction of sp³-hybridized carbons (Fsp3) is 0.632. The first kappa shape index (κ1) is 22.0. The lowest BCUT2D eigenvalue weighted by Gasteiger charge is -2.15. The molecule has 1 aromatic rings. The Morgan fingerprint density at radius 3 is 2.76 bits per heavy atom. The molecule has 0 aliphatic rings. The highest BCUT2D eigenvalue weighted by Crippen LogP contribution is 2.27. The molecule has 0 aliphatic heterocycles. The minimum absolute atomic E-state index is 0.551. The van der Waals surface area contributed by atoms with Gasteiger partial charge in [0.15, 0.2) is 5.11 Å². The molecule has 0 saturated heterocycles. The van der Waals surface area contributed by atoms with Crippen LogP contribution in [0.2, 0.25) is 5.02 Å². The van der Waals surface area contributed by atoms with Crippen LogP contribution in [0.25, 0.3) is 0 Å². The maximum atomic E-state index is 6.01. The average molecular weight is 387 g/mol. The molecule has 1 unspecified atom stereocenters. The zero-order valence-corrected chi connectivity index (χ0v) is 17.1. The molecule has 0 saturated carbocycles. The van der Waals surface area contributed by atoms with Crippen molar-refractivity contribution in [1.82, 2.24) is 5.32 Å². The Labute approximate surface area is 162 Å². The minimum Gasteiger partial charge on any atom is -0.495 e. The molecule has 1 aromatic carbocycles. The van der Waals surface area contributed by atoms with Gasteiger partial charge in [0.05, 0.1) is 12.8 Å². The number of halogens is 1. The monoisotopic (exact) mass is 386 g/mol. The molecule has 0 spiro atoms. The fourth-order valence-electron chi connectivity index (χ4n) is 2.47. The number of rotatable bonds is 12. The van der Waals surface area contributed by atoms with Crippen LogP contribution in [-0.4, -0.2) is 32.0 Å². The van der Waals surface area contributed by atoms with Crippen LogP contribution in [0.4, 0.5) is 5.69 Å². The zero-order valence-electron chi connectivity index (χ0n) is 15.6. The number of anilines is 1. The first-order chi connectivity index (χ1) is 12.1. The van der Waals surface area contributed by atoms with Crippen molar-refractivity contribution >= 4 is 34.6 Å². The Morgan fingerprint density at radius 2 is 2.08 bits per heavy atom. The Morgan fingerprint density at radius 1 is 1.28 bits per heavy atom. The lowest BCUT2D eigenvalue weighted by molar-refractivity contribution is 0.0928. The highest BCUT2D eigenvalue weighted by molar-refractivity contribution is 7.80. The molecule has 0 aliphatic carbocycles. The summed E-state index contributed by atoms with van der Waals surface area (Å²) >= 11 is 11.3. The molecule has 1 atom stereocenters. The predicted molar refractivity (Wildman–Crippen MR) is 111 cm³/mol. The smallest absolute Gasteiger partial charge is 0.170 e. The second-order valence-electron chi connectivity index (χ2n) is 6.07. The number of ether oxygens (including phenoxy) is 2. The normalized spacial score (nSPS) is 11.8. The van der Waals surface area contributed by atoms with Gasteiger partial charge in [0.1, 0.15) is 5.75 Å². The van der Waals surface area contributed by atoms with Crippen LogP contribution in [0.3, 0.4) is 0 Å². The third-order valence-electron chi connectivity index (χ3n) is 4.06. The fourth-order valence-corrected chi connectivity index (χ4v) is 2.85. The van der Waals surface area contributed by atoms with E-state index in [9.17, 15) is 0 Å². The van der Waals surface area contributed by atoms with Crippen molar-refractivity contribution in [3.8, 4) is 5.75 Å². The van der Waals surface area contributed by atoms with Crippen molar-refractivity contribution in [2.45, 2.75) is 46.0 Å². The van der Waals surface area contributed by atoms with E-state index in [0.717, 1.165) is 31.9 Å². The van der Waals surface area contributed by atoms with E-state index in [2.05, 4.69) is 24.5 Å². The van der Waals surface area contributed by atoms with Crippen LogP contribution in [-0.2, 0) is 4.74 Å². The average Bonchev–Trinajstić information content (AvgIpc) is 2.60. The van der Waals surface area contributed by atoms with Crippen LogP contribution in [0.1, 0.15) is 46.0 Å². The van der Waals surface area contributed by atoms with E-state index in [-0.39, 0.29) is 0 Å². The van der Waals surface area contributed by atoms with Crippen molar-refractivity contribution in [3.63, 3.8) is 0 Å². The van der Waals surface area contributed by atoms with Gasteiger partial charge in [-0.25, -0.2) is 0 Å². The zero-order chi connectivity index (χ0) is 18.5. The highest BCUT2D eigenvalue weighted by Gasteiger charge is 2.07. The van der Waals surface area contributed by atoms with Crippen molar-refractivity contribution in [2.24, 2.45) is 5.92 Å². The molecule has 4 nitrogen and oxygen atoms in total. The van der Waals surface area contributed by atoms with Crippen molar-refractivity contribution < 1.29 is 9.47 Å². The molecule has 6 heteroatoms. The molecule has 0 radical (unpaired) electrons. The maximum Gasteiger partial charge on any atom is 0.170 e. The number of thiocarbonyl (C=S) groups is 1. The van der Waals surface area contributed by atoms with E-state index >= 15 is 0 Å². The molecule has 0 fully saturated rings. The lowest BCUT2D eigenvalue weighted by atomic mass is 10.0. The topological polar surface area (TPSA) is 42.5 Å². The van der Waals surface area contributed by atoms with Crippen LogP contribution in [0, 0.1) is 5.92 Å². The number of hydrogen-bond donors (Lipinski definition) is 2. The molecular weight excluding hydrogens is 356 g/mol. The summed E-state index contributed by atoms with van der Waals surface area (Å²) in [5.74, 6) is 1.39. The first-order valence-electron chi connectivity index (χ1n) is 9.06. The van der Waals surface area contributed by atoms with Gasteiger partial charge in [-0.1, -0.05) is 44.7 Å². The van der Waals surface area contributed by atoms with E-state index in [1.165, 1.54) is 25.7 Å². The van der Waals surface area contributed by atoms with Gasteiger partial charge in [-0.15, -0.1) is 0 Å². The number of benzene rings is 1. The molecule has 1 rings (SSSR count). The SMILES string of the molecule is CCCCC(CC)COCCCNC(=S)Nc1cc(Cl)ccc1OC. The lowest BCUT2D eigenvalue weighted by Crippen LogP contribution is -2.30.